The molecule has 0 radical (unpaired) electrons. The summed E-state index contributed by atoms with van der Waals surface area (Å²) in [5.41, 5.74) is 2.49. The van der Waals surface area contributed by atoms with Gasteiger partial charge in [0.1, 0.15) is 18.1 Å². The van der Waals surface area contributed by atoms with Crippen molar-refractivity contribution < 1.29 is 14.3 Å². The second-order valence-electron chi connectivity index (χ2n) is 7.33. The zero-order valence-corrected chi connectivity index (χ0v) is 20.3. The fourth-order valence-corrected chi connectivity index (χ4v) is 4.09. The number of hydrogen-bond acceptors (Lipinski definition) is 6. The SMILES string of the molecule is COc1ccc(OCc2nnc(SCC(=O)Nc3ccc(C)c(Cl)c3)n2-c2ccccc2)cc1. The number of carbonyl (C=O) groups excluding carboxylic acids is 1. The topological polar surface area (TPSA) is 78.3 Å². The first-order valence-corrected chi connectivity index (χ1v) is 11.8. The minimum absolute atomic E-state index is 0.162. The van der Waals surface area contributed by atoms with Gasteiger partial charge < -0.3 is 14.8 Å². The summed E-state index contributed by atoms with van der Waals surface area (Å²) in [6.07, 6.45) is 0. The van der Waals surface area contributed by atoms with Crippen molar-refractivity contribution in [3.8, 4) is 17.2 Å². The molecule has 0 aliphatic carbocycles. The standard InChI is InChI=1S/C25H23ClN4O3S/c1-17-8-9-18(14-22(17)26)27-24(31)16-34-25-29-28-23(30(25)19-6-4-3-5-7-19)15-33-21-12-10-20(32-2)11-13-21/h3-14H,15-16H2,1-2H3,(H,27,31). The van der Waals surface area contributed by atoms with Crippen LogP contribution in [0, 0.1) is 6.92 Å². The van der Waals surface area contributed by atoms with Crippen molar-refractivity contribution in [3.05, 3.63) is 89.2 Å². The number of carbonyl (C=O) groups is 1. The lowest BCUT2D eigenvalue weighted by atomic mass is 10.2. The first-order chi connectivity index (χ1) is 16.5. The van der Waals surface area contributed by atoms with Crippen LogP contribution in [0.3, 0.4) is 0 Å². The second kappa shape index (κ2) is 11.1. The minimum Gasteiger partial charge on any atom is -0.497 e. The molecule has 0 saturated heterocycles. The number of amides is 1. The van der Waals surface area contributed by atoms with Crippen LogP contribution in [0.1, 0.15) is 11.4 Å². The third-order valence-electron chi connectivity index (χ3n) is 4.93. The van der Waals surface area contributed by atoms with E-state index in [9.17, 15) is 4.79 Å². The van der Waals surface area contributed by atoms with E-state index >= 15 is 0 Å². The van der Waals surface area contributed by atoms with Crippen molar-refractivity contribution in [1.29, 1.82) is 0 Å². The lowest BCUT2D eigenvalue weighted by Gasteiger charge is -2.11. The van der Waals surface area contributed by atoms with Gasteiger partial charge in [-0.3, -0.25) is 9.36 Å². The van der Waals surface area contributed by atoms with Crippen LogP contribution in [0.4, 0.5) is 5.69 Å². The fraction of sp³-hybridized carbons (Fsp3) is 0.160. The number of aromatic nitrogens is 3. The normalized spacial score (nSPS) is 10.7. The summed E-state index contributed by atoms with van der Waals surface area (Å²) in [4.78, 5) is 12.5. The number of anilines is 1. The average molecular weight is 495 g/mol. The smallest absolute Gasteiger partial charge is 0.234 e. The van der Waals surface area contributed by atoms with E-state index in [1.165, 1.54) is 11.8 Å². The Bertz CT molecular complexity index is 1260. The molecule has 0 saturated carbocycles. The monoisotopic (exact) mass is 494 g/mol. The minimum atomic E-state index is -0.163. The molecule has 0 aliphatic rings. The Labute approximate surface area is 207 Å². The van der Waals surface area contributed by atoms with Crippen LogP contribution in [0.5, 0.6) is 11.5 Å². The van der Waals surface area contributed by atoms with Crippen LogP contribution in [0.25, 0.3) is 5.69 Å². The molecule has 0 spiro atoms. The van der Waals surface area contributed by atoms with Crippen molar-refractivity contribution in [2.24, 2.45) is 0 Å². The highest BCUT2D eigenvalue weighted by molar-refractivity contribution is 7.99. The van der Waals surface area contributed by atoms with Gasteiger partial charge in [0.25, 0.3) is 0 Å². The van der Waals surface area contributed by atoms with E-state index in [4.69, 9.17) is 21.1 Å². The van der Waals surface area contributed by atoms with Gasteiger partial charge in [-0.25, -0.2) is 0 Å². The van der Waals surface area contributed by atoms with Gasteiger partial charge in [-0.15, -0.1) is 10.2 Å². The number of para-hydroxylation sites is 1. The van der Waals surface area contributed by atoms with Crippen molar-refractivity contribution >= 4 is 35.0 Å². The molecule has 0 atom stereocenters. The number of methoxy groups -OCH3 is 1. The number of rotatable bonds is 9. The van der Waals surface area contributed by atoms with E-state index in [1.54, 1.807) is 13.2 Å². The van der Waals surface area contributed by atoms with Crippen LogP contribution in [-0.2, 0) is 11.4 Å². The van der Waals surface area contributed by atoms with E-state index < -0.39 is 0 Å². The van der Waals surface area contributed by atoms with Crippen LogP contribution >= 0.6 is 23.4 Å². The van der Waals surface area contributed by atoms with Crippen molar-refractivity contribution in [3.63, 3.8) is 0 Å². The molecular formula is C25H23ClN4O3S. The number of nitrogens with one attached hydrogen (secondary N) is 1. The lowest BCUT2D eigenvalue weighted by molar-refractivity contribution is -0.113. The van der Waals surface area contributed by atoms with Gasteiger partial charge in [-0.1, -0.05) is 47.6 Å². The van der Waals surface area contributed by atoms with Crippen LogP contribution in [-0.4, -0.2) is 33.5 Å². The van der Waals surface area contributed by atoms with E-state index in [0.29, 0.717) is 27.4 Å². The molecule has 3 aromatic carbocycles. The molecule has 0 unspecified atom stereocenters. The maximum atomic E-state index is 12.5. The maximum Gasteiger partial charge on any atom is 0.234 e. The van der Waals surface area contributed by atoms with Gasteiger partial charge in [-0.05, 0) is 61.0 Å². The van der Waals surface area contributed by atoms with Gasteiger partial charge in [0.2, 0.25) is 5.91 Å². The Morgan fingerprint density at radius 2 is 1.76 bits per heavy atom. The average Bonchev–Trinajstić information content (AvgIpc) is 3.27. The van der Waals surface area contributed by atoms with E-state index in [0.717, 1.165) is 17.0 Å². The van der Waals surface area contributed by atoms with Crippen LogP contribution in [0.15, 0.2) is 78.0 Å². The van der Waals surface area contributed by atoms with E-state index in [-0.39, 0.29) is 18.3 Å². The Balaban J connectivity index is 1.47. The number of benzene rings is 3. The highest BCUT2D eigenvalue weighted by atomic mass is 35.5. The quantitative estimate of drug-likeness (QED) is 0.307. The van der Waals surface area contributed by atoms with Crippen LogP contribution < -0.4 is 14.8 Å². The maximum absolute atomic E-state index is 12.5. The summed E-state index contributed by atoms with van der Waals surface area (Å²) in [6, 6.07) is 22.5. The molecule has 1 aromatic heterocycles. The van der Waals surface area contributed by atoms with Gasteiger partial charge in [-0.2, -0.15) is 0 Å². The molecule has 0 aliphatic heterocycles. The number of hydrogen-bond donors (Lipinski definition) is 1. The first kappa shape index (κ1) is 23.7. The Morgan fingerprint density at radius 1 is 1.03 bits per heavy atom. The molecule has 34 heavy (non-hydrogen) atoms. The molecule has 1 amide bonds. The number of nitrogens with zero attached hydrogens (tertiary/aromatic N) is 3. The summed E-state index contributed by atoms with van der Waals surface area (Å²) >= 11 is 7.45. The van der Waals surface area contributed by atoms with E-state index in [1.807, 2.05) is 78.2 Å². The lowest BCUT2D eigenvalue weighted by Crippen LogP contribution is -2.15. The molecule has 1 heterocycles. The van der Waals surface area contributed by atoms with Crippen molar-refractivity contribution in [2.45, 2.75) is 18.7 Å². The Hall–Kier alpha value is -3.49. The molecule has 4 rings (SSSR count). The van der Waals surface area contributed by atoms with Crippen molar-refractivity contribution in [2.75, 3.05) is 18.2 Å². The van der Waals surface area contributed by atoms with Gasteiger partial charge in [0.15, 0.2) is 11.0 Å². The number of ether oxygens (including phenoxy) is 2. The zero-order chi connectivity index (χ0) is 23.9. The predicted molar refractivity (Wildman–Crippen MR) is 134 cm³/mol. The summed E-state index contributed by atoms with van der Waals surface area (Å²) in [6.45, 7) is 2.12. The predicted octanol–water partition coefficient (Wildman–Crippen LogP) is 5.55. The molecule has 4 aromatic rings. The summed E-state index contributed by atoms with van der Waals surface area (Å²) in [7, 11) is 1.62. The first-order valence-electron chi connectivity index (χ1n) is 10.5. The zero-order valence-electron chi connectivity index (χ0n) is 18.7. The van der Waals surface area contributed by atoms with Gasteiger partial charge >= 0.3 is 0 Å². The van der Waals surface area contributed by atoms with Gasteiger partial charge in [0.05, 0.1) is 12.9 Å². The summed E-state index contributed by atoms with van der Waals surface area (Å²) in [5, 5.41) is 12.7. The number of thioether (sulfide) groups is 1. The van der Waals surface area contributed by atoms with Crippen molar-refractivity contribution in [1.82, 2.24) is 14.8 Å². The number of halogens is 1. The molecule has 0 fully saturated rings. The summed E-state index contributed by atoms with van der Waals surface area (Å²) < 4.78 is 13.0. The van der Waals surface area contributed by atoms with Crippen LogP contribution in [0.2, 0.25) is 5.02 Å². The van der Waals surface area contributed by atoms with E-state index in [2.05, 4.69) is 15.5 Å². The molecule has 174 valence electrons. The number of aryl methyl sites for hydroxylation is 1. The largest absolute Gasteiger partial charge is 0.497 e. The fourth-order valence-electron chi connectivity index (χ4n) is 3.14. The molecular weight excluding hydrogens is 472 g/mol. The third kappa shape index (κ3) is 5.89. The highest BCUT2D eigenvalue weighted by Gasteiger charge is 2.17. The Morgan fingerprint density at radius 3 is 2.47 bits per heavy atom. The third-order valence-corrected chi connectivity index (χ3v) is 6.27. The highest BCUT2D eigenvalue weighted by Crippen LogP contribution is 2.25. The Kier molecular flexibility index (Phi) is 7.72. The molecule has 9 heteroatoms. The molecule has 1 N–H and O–H groups in total. The molecule has 7 nitrogen and oxygen atoms in total. The second-order valence-corrected chi connectivity index (χ2v) is 8.68. The summed E-state index contributed by atoms with van der Waals surface area (Å²) in [5.74, 6) is 2.06. The molecule has 0 bridgehead atoms. The van der Waals surface area contributed by atoms with Gasteiger partial charge in [0, 0.05) is 16.4 Å².